The second kappa shape index (κ2) is 6.01. The Balaban J connectivity index is 1.99. The monoisotopic (exact) mass is 332 g/mol. The number of hydrogen-bond donors (Lipinski definition) is 1. The maximum atomic E-state index is 13.7. The van der Waals surface area contributed by atoms with Crippen LogP contribution in [0.5, 0.6) is 5.75 Å². The van der Waals surface area contributed by atoms with Crippen LogP contribution >= 0.6 is 11.6 Å². The summed E-state index contributed by atoms with van der Waals surface area (Å²) in [5, 5.41) is 15.6. The third-order valence-corrected chi connectivity index (χ3v) is 4.08. The quantitative estimate of drug-likeness (QED) is 0.907. The molecule has 1 N–H and O–H groups in total. The fourth-order valence-corrected chi connectivity index (χ4v) is 2.78. The summed E-state index contributed by atoms with van der Waals surface area (Å²) in [6.45, 7) is 1.40. The molecule has 1 aliphatic rings. The number of benzene rings is 2. The third-order valence-electron chi connectivity index (χ3n) is 3.78. The van der Waals surface area contributed by atoms with Gasteiger partial charge in [0.25, 0.3) is 0 Å². The molecule has 6 heteroatoms. The number of aromatic hydroxyl groups is 1. The summed E-state index contributed by atoms with van der Waals surface area (Å²) >= 11 is 5.71. The van der Waals surface area contributed by atoms with Gasteiger partial charge in [-0.15, -0.1) is 0 Å². The van der Waals surface area contributed by atoms with E-state index in [1.54, 1.807) is 30.3 Å². The van der Waals surface area contributed by atoms with E-state index in [0.29, 0.717) is 23.3 Å². The zero-order valence-corrected chi connectivity index (χ0v) is 13.1. The summed E-state index contributed by atoms with van der Waals surface area (Å²) in [5.74, 6) is -0.697. The molecule has 4 nitrogen and oxygen atoms in total. The zero-order valence-electron chi connectivity index (χ0n) is 12.3. The van der Waals surface area contributed by atoms with Gasteiger partial charge in [0.1, 0.15) is 11.6 Å². The number of rotatable bonds is 2. The molecule has 0 radical (unpaired) electrons. The van der Waals surface area contributed by atoms with Crippen molar-refractivity contribution in [3.8, 4) is 5.75 Å². The third kappa shape index (κ3) is 2.92. The van der Waals surface area contributed by atoms with Crippen molar-refractivity contribution < 1.29 is 14.3 Å². The van der Waals surface area contributed by atoms with Crippen LogP contribution in [0.1, 0.15) is 30.5 Å². The Kier molecular flexibility index (Phi) is 4.05. The van der Waals surface area contributed by atoms with Gasteiger partial charge in [0.2, 0.25) is 5.91 Å². The van der Waals surface area contributed by atoms with Crippen LogP contribution in [0.2, 0.25) is 5.02 Å². The lowest BCUT2D eigenvalue weighted by Gasteiger charge is -2.20. The summed E-state index contributed by atoms with van der Waals surface area (Å²) in [6, 6.07) is 10.8. The van der Waals surface area contributed by atoms with Crippen molar-refractivity contribution in [3.05, 3.63) is 64.4 Å². The first-order valence-corrected chi connectivity index (χ1v) is 7.45. The van der Waals surface area contributed by atoms with Crippen LogP contribution in [0.3, 0.4) is 0 Å². The molecule has 1 heterocycles. The first-order chi connectivity index (χ1) is 11.0. The molecule has 0 aromatic heterocycles. The van der Waals surface area contributed by atoms with E-state index >= 15 is 0 Å². The standard InChI is InChI=1S/C17H14ClFN2O2/c1-10(22)21-16(11-6-7-13(18)14(19)8-11)9-15(20-21)12-4-2-3-5-17(12)23/h2-8,16,23H,9H2,1H3/t16-/m0/s1. The summed E-state index contributed by atoms with van der Waals surface area (Å²) in [6.07, 6.45) is 0.387. The molecule has 2 aromatic carbocycles. The van der Waals surface area contributed by atoms with Crippen LogP contribution in [-0.2, 0) is 4.79 Å². The molecule has 0 saturated heterocycles. The van der Waals surface area contributed by atoms with Crippen LogP contribution in [-0.4, -0.2) is 21.7 Å². The van der Waals surface area contributed by atoms with E-state index in [9.17, 15) is 14.3 Å². The Morgan fingerprint density at radius 2 is 2.09 bits per heavy atom. The summed E-state index contributed by atoms with van der Waals surface area (Å²) in [4.78, 5) is 11.9. The van der Waals surface area contributed by atoms with Crippen LogP contribution in [0, 0.1) is 5.82 Å². The van der Waals surface area contributed by atoms with E-state index in [2.05, 4.69) is 5.10 Å². The van der Waals surface area contributed by atoms with Crippen molar-refractivity contribution in [2.75, 3.05) is 0 Å². The van der Waals surface area contributed by atoms with Crippen molar-refractivity contribution in [3.63, 3.8) is 0 Å². The second-order valence-corrected chi connectivity index (χ2v) is 5.73. The van der Waals surface area contributed by atoms with Gasteiger partial charge in [0.15, 0.2) is 0 Å². The van der Waals surface area contributed by atoms with E-state index in [4.69, 9.17) is 11.6 Å². The van der Waals surface area contributed by atoms with Gasteiger partial charge in [-0.1, -0.05) is 29.8 Å². The van der Waals surface area contributed by atoms with Crippen molar-refractivity contribution in [1.29, 1.82) is 0 Å². The molecule has 0 bridgehead atoms. The summed E-state index contributed by atoms with van der Waals surface area (Å²) in [5.41, 5.74) is 1.76. The minimum atomic E-state index is -0.538. The molecule has 1 atom stereocenters. The number of hydrogen-bond acceptors (Lipinski definition) is 3. The number of carbonyl (C=O) groups excluding carboxylic acids is 1. The summed E-state index contributed by atoms with van der Waals surface area (Å²) in [7, 11) is 0. The van der Waals surface area contributed by atoms with Gasteiger partial charge in [-0.3, -0.25) is 4.79 Å². The first-order valence-electron chi connectivity index (χ1n) is 7.08. The summed E-state index contributed by atoms with van der Waals surface area (Å²) < 4.78 is 13.7. The molecule has 0 fully saturated rings. The molecule has 0 saturated carbocycles. The van der Waals surface area contributed by atoms with Crippen molar-refractivity contribution in [2.24, 2.45) is 5.10 Å². The Hall–Kier alpha value is -2.40. The number of phenols is 1. The van der Waals surface area contributed by atoms with Crippen molar-refractivity contribution in [1.82, 2.24) is 5.01 Å². The number of halogens is 2. The molecule has 3 rings (SSSR count). The highest BCUT2D eigenvalue weighted by molar-refractivity contribution is 6.30. The molecule has 1 amide bonds. The topological polar surface area (TPSA) is 52.9 Å². The molecular formula is C17H14ClFN2O2. The highest BCUT2D eigenvalue weighted by Crippen LogP contribution is 2.35. The number of para-hydroxylation sites is 1. The van der Waals surface area contributed by atoms with Crippen LogP contribution < -0.4 is 0 Å². The smallest absolute Gasteiger partial charge is 0.240 e. The van der Waals surface area contributed by atoms with Gasteiger partial charge in [-0.05, 0) is 29.8 Å². The minimum Gasteiger partial charge on any atom is -0.507 e. The Morgan fingerprint density at radius 3 is 2.74 bits per heavy atom. The predicted molar refractivity (Wildman–Crippen MR) is 85.9 cm³/mol. The molecule has 2 aromatic rings. The minimum absolute atomic E-state index is 0.0305. The molecule has 0 unspecified atom stereocenters. The van der Waals surface area contributed by atoms with E-state index in [0.717, 1.165) is 0 Å². The largest absolute Gasteiger partial charge is 0.507 e. The zero-order chi connectivity index (χ0) is 16.6. The predicted octanol–water partition coefficient (Wildman–Crippen LogP) is 3.88. The number of amides is 1. The highest BCUT2D eigenvalue weighted by atomic mass is 35.5. The molecule has 0 spiro atoms. The first kappa shape index (κ1) is 15.5. The lowest BCUT2D eigenvalue weighted by atomic mass is 9.98. The maximum Gasteiger partial charge on any atom is 0.240 e. The van der Waals surface area contributed by atoms with E-state index in [-0.39, 0.29) is 16.7 Å². The van der Waals surface area contributed by atoms with Gasteiger partial charge in [-0.2, -0.15) is 5.10 Å². The molecule has 1 aliphatic heterocycles. The van der Waals surface area contributed by atoms with Crippen molar-refractivity contribution in [2.45, 2.75) is 19.4 Å². The fourth-order valence-electron chi connectivity index (χ4n) is 2.66. The van der Waals surface area contributed by atoms with Crippen LogP contribution in [0.15, 0.2) is 47.6 Å². The normalized spacial score (nSPS) is 17.3. The molecule has 23 heavy (non-hydrogen) atoms. The van der Waals surface area contributed by atoms with Gasteiger partial charge in [0, 0.05) is 18.9 Å². The van der Waals surface area contributed by atoms with E-state index in [1.807, 2.05) is 0 Å². The number of carbonyl (C=O) groups is 1. The Bertz CT molecular complexity index is 807. The van der Waals surface area contributed by atoms with E-state index < -0.39 is 11.9 Å². The number of hydrazone groups is 1. The average Bonchev–Trinajstić information content (AvgIpc) is 2.96. The maximum absolute atomic E-state index is 13.7. The number of phenolic OH excluding ortho intramolecular Hbond substituents is 1. The highest BCUT2D eigenvalue weighted by Gasteiger charge is 2.32. The Morgan fingerprint density at radius 1 is 1.35 bits per heavy atom. The fraction of sp³-hybridized carbons (Fsp3) is 0.176. The van der Waals surface area contributed by atoms with Gasteiger partial charge < -0.3 is 5.11 Å². The van der Waals surface area contributed by atoms with Crippen LogP contribution in [0.25, 0.3) is 0 Å². The van der Waals surface area contributed by atoms with Crippen molar-refractivity contribution >= 4 is 23.2 Å². The molecule has 0 aliphatic carbocycles. The second-order valence-electron chi connectivity index (χ2n) is 5.32. The van der Waals surface area contributed by atoms with Gasteiger partial charge in [0.05, 0.1) is 16.8 Å². The number of nitrogens with zero attached hydrogens (tertiary/aromatic N) is 2. The van der Waals surface area contributed by atoms with Gasteiger partial charge >= 0.3 is 0 Å². The molecule has 118 valence electrons. The lowest BCUT2D eigenvalue weighted by molar-refractivity contribution is -0.130. The van der Waals surface area contributed by atoms with Gasteiger partial charge in [-0.25, -0.2) is 9.40 Å². The average molecular weight is 333 g/mol. The SMILES string of the molecule is CC(=O)N1N=C(c2ccccc2O)C[C@H]1c1ccc(Cl)c(F)c1. The Labute approximate surface area is 137 Å². The van der Waals surface area contributed by atoms with Crippen LogP contribution in [0.4, 0.5) is 4.39 Å². The lowest BCUT2D eigenvalue weighted by Crippen LogP contribution is -2.24. The van der Waals surface area contributed by atoms with E-state index in [1.165, 1.54) is 24.1 Å². The molecular weight excluding hydrogens is 319 g/mol.